The summed E-state index contributed by atoms with van der Waals surface area (Å²) in [6, 6.07) is 15.7. The Balaban J connectivity index is 1.53. The summed E-state index contributed by atoms with van der Waals surface area (Å²) in [5.41, 5.74) is 1.84. The molecule has 4 rings (SSSR count). The number of alkyl halides is 3. The summed E-state index contributed by atoms with van der Waals surface area (Å²) < 4.78 is 43.0. The second-order valence-corrected chi connectivity index (χ2v) is 8.54. The summed E-state index contributed by atoms with van der Waals surface area (Å²) in [5.74, 6) is -1.50. The van der Waals surface area contributed by atoms with Crippen molar-refractivity contribution in [2.75, 3.05) is 18.0 Å². The number of likely N-dealkylation sites (tertiary alicyclic amines) is 1. The highest BCUT2D eigenvalue weighted by Crippen LogP contribution is 2.30. The first kappa shape index (κ1) is 24.4. The predicted molar refractivity (Wildman–Crippen MR) is 122 cm³/mol. The van der Waals surface area contributed by atoms with Crippen LogP contribution in [-0.2, 0) is 17.5 Å². The van der Waals surface area contributed by atoms with Gasteiger partial charge in [-0.25, -0.2) is 4.79 Å². The first-order valence-corrected chi connectivity index (χ1v) is 11.3. The van der Waals surface area contributed by atoms with Crippen molar-refractivity contribution in [1.82, 2.24) is 15.1 Å². The molecular weight excluding hydrogens is 461 g/mol. The fourth-order valence-electron chi connectivity index (χ4n) is 4.13. The van der Waals surface area contributed by atoms with E-state index in [1.807, 2.05) is 30.3 Å². The van der Waals surface area contributed by atoms with Crippen molar-refractivity contribution in [3.63, 3.8) is 0 Å². The maximum Gasteiger partial charge on any atom is 0.470 e. The molecule has 7 nitrogen and oxygen atoms in total. The highest BCUT2D eigenvalue weighted by molar-refractivity contribution is 5.92. The van der Waals surface area contributed by atoms with Crippen LogP contribution in [0.3, 0.4) is 0 Å². The van der Waals surface area contributed by atoms with Crippen molar-refractivity contribution < 1.29 is 27.2 Å². The quantitative estimate of drug-likeness (QED) is 0.471. The normalized spacial score (nSPS) is 16.6. The third-order valence-electron chi connectivity index (χ3n) is 6.08. The van der Waals surface area contributed by atoms with Crippen LogP contribution in [0.5, 0.6) is 0 Å². The third kappa shape index (κ3) is 5.87. The summed E-state index contributed by atoms with van der Waals surface area (Å²) >= 11 is 0. The second kappa shape index (κ2) is 10.3. The van der Waals surface area contributed by atoms with Crippen molar-refractivity contribution >= 4 is 17.5 Å². The Labute approximate surface area is 200 Å². The zero-order valence-corrected chi connectivity index (χ0v) is 19.2. The molecule has 184 valence electrons. The Morgan fingerprint density at radius 3 is 2.37 bits per heavy atom. The van der Waals surface area contributed by atoms with Gasteiger partial charge < -0.3 is 9.32 Å². The van der Waals surface area contributed by atoms with Crippen LogP contribution in [0.4, 0.5) is 23.7 Å². The molecular formula is C25H25F3N4O3. The van der Waals surface area contributed by atoms with Crippen LogP contribution in [0.1, 0.15) is 37.6 Å². The molecule has 0 aliphatic carbocycles. The van der Waals surface area contributed by atoms with Gasteiger partial charge in [0.2, 0.25) is 5.89 Å². The Morgan fingerprint density at radius 2 is 1.74 bits per heavy atom. The fraction of sp³-hybridized carbons (Fsp3) is 0.360. The lowest BCUT2D eigenvalue weighted by atomic mass is 9.97. The second-order valence-electron chi connectivity index (χ2n) is 8.54. The molecule has 1 saturated heterocycles. The van der Waals surface area contributed by atoms with Gasteiger partial charge in [-0.15, -0.1) is 10.2 Å². The topological polar surface area (TPSA) is 79.5 Å². The molecule has 1 aliphatic heterocycles. The third-order valence-corrected chi connectivity index (χ3v) is 6.08. The van der Waals surface area contributed by atoms with Gasteiger partial charge in [-0.05, 0) is 56.0 Å². The molecule has 0 spiro atoms. The van der Waals surface area contributed by atoms with Crippen molar-refractivity contribution in [2.24, 2.45) is 5.92 Å². The Hall–Kier alpha value is -3.69. The predicted octanol–water partition coefficient (Wildman–Crippen LogP) is 5.57. The minimum Gasteiger partial charge on any atom is -0.413 e. The smallest absolute Gasteiger partial charge is 0.413 e. The number of carbonyl (C=O) groups excluding carboxylic acids is 2. The molecule has 0 bridgehead atoms. The van der Waals surface area contributed by atoms with Gasteiger partial charge in [-0.3, -0.25) is 9.69 Å². The lowest BCUT2D eigenvalue weighted by molar-refractivity contribution is -0.157. The Morgan fingerprint density at radius 1 is 1.03 bits per heavy atom. The van der Waals surface area contributed by atoms with Gasteiger partial charge in [0, 0.05) is 30.3 Å². The molecule has 3 aromatic rings. The van der Waals surface area contributed by atoms with E-state index in [2.05, 4.69) is 10.2 Å². The molecule has 1 aliphatic rings. The average Bonchev–Trinajstić information content (AvgIpc) is 3.22. The zero-order valence-electron chi connectivity index (χ0n) is 19.2. The zero-order chi connectivity index (χ0) is 25.0. The monoisotopic (exact) mass is 486 g/mol. The number of Topliss-reactive ketones (excluding diaryl/α,β-unsaturated/α-hetero) is 1. The largest absolute Gasteiger partial charge is 0.470 e. The molecule has 0 N–H and O–H groups in total. The number of carbonyl (C=O) groups is 2. The van der Waals surface area contributed by atoms with Crippen molar-refractivity contribution in [3.05, 3.63) is 66.1 Å². The van der Waals surface area contributed by atoms with E-state index < -0.39 is 12.1 Å². The molecule has 1 atom stereocenters. The summed E-state index contributed by atoms with van der Waals surface area (Å²) in [6.07, 6.45) is -2.53. The molecule has 10 heteroatoms. The molecule has 1 aromatic heterocycles. The van der Waals surface area contributed by atoms with E-state index >= 15 is 0 Å². The van der Waals surface area contributed by atoms with E-state index in [0.717, 1.165) is 24.1 Å². The number of ketones is 1. The molecule has 0 saturated carbocycles. The molecule has 1 fully saturated rings. The Kier molecular flexibility index (Phi) is 7.18. The minimum atomic E-state index is -4.71. The van der Waals surface area contributed by atoms with E-state index in [1.54, 1.807) is 41.0 Å². The van der Waals surface area contributed by atoms with Gasteiger partial charge in [0.1, 0.15) is 5.78 Å². The Bertz CT molecular complexity index is 1160. The number of amides is 2. The first-order valence-electron chi connectivity index (χ1n) is 11.3. The SMILES string of the molecule is CC(=O)[C@H]1CCCN(C(=O)N(Cc2ccc(-c3nnc(C(F)(F)F)o3)cc2)c2ccccc2)CC1. The summed E-state index contributed by atoms with van der Waals surface area (Å²) in [5, 5.41) is 6.53. The number of aromatic nitrogens is 2. The summed E-state index contributed by atoms with van der Waals surface area (Å²) in [4.78, 5) is 28.8. The van der Waals surface area contributed by atoms with E-state index in [-0.39, 0.29) is 30.2 Å². The van der Waals surface area contributed by atoms with Crippen LogP contribution in [0.25, 0.3) is 11.5 Å². The van der Waals surface area contributed by atoms with Gasteiger partial charge >= 0.3 is 18.1 Å². The van der Waals surface area contributed by atoms with Crippen LogP contribution < -0.4 is 4.90 Å². The first-order chi connectivity index (χ1) is 16.7. The lowest BCUT2D eigenvalue weighted by Gasteiger charge is -2.30. The fourth-order valence-corrected chi connectivity index (χ4v) is 4.13. The summed E-state index contributed by atoms with van der Waals surface area (Å²) in [7, 11) is 0. The molecule has 0 radical (unpaired) electrons. The van der Waals surface area contributed by atoms with Crippen LogP contribution >= 0.6 is 0 Å². The number of nitrogens with zero attached hydrogens (tertiary/aromatic N) is 4. The van der Waals surface area contributed by atoms with E-state index in [0.29, 0.717) is 25.1 Å². The van der Waals surface area contributed by atoms with E-state index in [1.165, 1.54) is 0 Å². The number of hydrogen-bond donors (Lipinski definition) is 0. The average molecular weight is 486 g/mol. The van der Waals surface area contributed by atoms with Crippen LogP contribution in [-0.4, -0.2) is 40.0 Å². The van der Waals surface area contributed by atoms with Gasteiger partial charge in [-0.2, -0.15) is 13.2 Å². The highest BCUT2D eigenvalue weighted by Gasteiger charge is 2.38. The number of para-hydroxylation sites is 1. The number of hydrogen-bond acceptors (Lipinski definition) is 5. The van der Waals surface area contributed by atoms with Gasteiger partial charge in [0.05, 0.1) is 6.54 Å². The van der Waals surface area contributed by atoms with Crippen molar-refractivity contribution in [1.29, 1.82) is 0 Å². The lowest BCUT2D eigenvalue weighted by Crippen LogP contribution is -2.43. The number of anilines is 1. The van der Waals surface area contributed by atoms with Gasteiger partial charge in [-0.1, -0.05) is 30.3 Å². The standard InChI is InChI=1S/C25H25F3N4O3/c1-17(33)19-6-5-14-31(15-13-19)24(34)32(21-7-3-2-4-8-21)16-18-9-11-20(12-10-18)22-29-30-23(35-22)25(26,27)28/h2-4,7-12,19H,5-6,13-16H2,1H3/t19-/m0/s1. The van der Waals surface area contributed by atoms with Gasteiger partial charge in [0.25, 0.3) is 0 Å². The molecule has 0 unspecified atom stereocenters. The maximum absolute atomic E-state index is 13.5. The number of benzene rings is 2. The highest BCUT2D eigenvalue weighted by atomic mass is 19.4. The van der Waals surface area contributed by atoms with Crippen LogP contribution in [0.15, 0.2) is 59.0 Å². The van der Waals surface area contributed by atoms with Crippen molar-refractivity contribution in [2.45, 2.75) is 38.9 Å². The number of urea groups is 1. The van der Waals surface area contributed by atoms with Crippen molar-refractivity contribution in [3.8, 4) is 11.5 Å². The van der Waals surface area contributed by atoms with Crippen LogP contribution in [0, 0.1) is 5.92 Å². The molecule has 2 heterocycles. The summed E-state index contributed by atoms with van der Waals surface area (Å²) in [6.45, 7) is 2.93. The number of rotatable bonds is 5. The maximum atomic E-state index is 13.5. The minimum absolute atomic E-state index is 0.0203. The van der Waals surface area contributed by atoms with Crippen LogP contribution in [0.2, 0.25) is 0 Å². The number of halogens is 3. The van der Waals surface area contributed by atoms with E-state index in [4.69, 9.17) is 4.42 Å². The molecule has 35 heavy (non-hydrogen) atoms. The molecule has 2 aromatic carbocycles. The molecule has 2 amide bonds. The van der Waals surface area contributed by atoms with Gasteiger partial charge in [0.15, 0.2) is 0 Å². The van der Waals surface area contributed by atoms with E-state index in [9.17, 15) is 22.8 Å².